The lowest BCUT2D eigenvalue weighted by Gasteiger charge is -2.01. The lowest BCUT2D eigenvalue weighted by molar-refractivity contribution is 0.0925. The van der Waals surface area contributed by atoms with E-state index in [1.165, 1.54) is 0 Å². The molecule has 0 aliphatic carbocycles. The van der Waals surface area contributed by atoms with Crippen LogP contribution in [0.3, 0.4) is 0 Å². The van der Waals surface area contributed by atoms with E-state index in [0.717, 1.165) is 25.9 Å². The minimum atomic E-state index is -0.178. The van der Waals surface area contributed by atoms with E-state index in [0.29, 0.717) is 12.3 Å². The Kier molecular flexibility index (Phi) is 3.63. The van der Waals surface area contributed by atoms with E-state index >= 15 is 0 Å². The Morgan fingerprint density at radius 3 is 2.90 bits per heavy atom. The molecule has 3 rings (SSSR count). The predicted molar refractivity (Wildman–Crippen MR) is 84.1 cm³/mol. The summed E-state index contributed by atoms with van der Waals surface area (Å²) in [6.07, 6.45) is 0. The van der Waals surface area contributed by atoms with Gasteiger partial charge in [-0.1, -0.05) is 18.2 Å². The third kappa shape index (κ3) is 2.51. The number of para-hydroxylation sites is 1. The Labute approximate surface area is 128 Å². The first-order valence-electron chi connectivity index (χ1n) is 6.14. The number of thiophene rings is 1. The number of halogens is 1. The van der Waals surface area contributed by atoms with Crippen molar-refractivity contribution in [3.05, 3.63) is 56.4 Å². The maximum Gasteiger partial charge on any atom is 0.287 e. The lowest BCUT2D eigenvalue weighted by atomic mass is 10.1. The number of hydrogen-bond donors (Lipinski definition) is 1. The molecule has 1 N–H and O–H groups in total. The van der Waals surface area contributed by atoms with Crippen LogP contribution in [0.4, 0.5) is 0 Å². The molecule has 102 valence electrons. The van der Waals surface area contributed by atoms with Crippen molar-refractivity contribution in [3.8, 4) is 0 Å². The molecular weight excluding hydrogens is 338 g/mol. The standard InChI is InChI=1S/C15H12BrNO2S/c1-9-12-4-2-3-5-13(12)19-14(9)15(18)17-7-11-6-10(16)8-20-11/h2-6,8H,7H2,1H3,(H,17,18). The summed E-state index contributed by atoms with van der Waals surface area (Å²) in [6.45, 7) is 2.41. The monoisotopic (exact) mass is 349 g/mol. The molecule has 20 heavy (non-hydrogen) atoms. The first kappa shape index (κ1) is 13.4. The molecule has 0 bridgehead atoms. The summed E-state index contributed by atoms with van der Waals surface area (Å²) in [7, 11) is 0. The lowest BCUT2D eigenvalue weighted by Crippen LogP contribution is -2.22. The fourth-order valence-corrected chi connectivity index (χ4v) is 3.48. The normalized spacial score (nSPS) is 10.9. The zero-order valence-electron chi connectivity index (χ0n) is 10.8. The largest absolute Gasteiger partial charge is 0.451 e. The zero-order valence-corrected chi connectivity index (χ0v) is 13.2. The fourth-order valence-electron chi connectivity index (χ4n) is 2.09. The molecular formula is C15H12BrNO2S. The molecule has 0 unspecified atom stereocenters. The minimum absolute atomic E-state index is 0.178. The minimum Gasteiger partial charge on any atom is -0.451 e. The van der Waals surface area contributed by atoms with E-state index in [1.54, 1.807) is 11.3 Å². The molecule has 0 aliphatic rings. The van der Waals surface area contributed by atoms with Gasteiger partial charge in [0.15, 0.2) is 5.76 Å². The Morgan fingerprint density at radius 2 is 2.20 bits per heavy atom. The van der Waals surface area contributed by atoms with Crippen LogP contribution in [0.2, 0.25) is 0 Å². The van der Waals surface area contributed by atoms with Crippen LogP contribution in [0.25, 0.3) is 11.0 Å². The van der Waals surface area contributed by atoms with Gasteiger partial charge in [0.1, 0.15) is 5.58 Å². The average molecular weight is 350 g/mol. The van der Waals surface area contributed by atoms with Crippen LogP contribution in [0.15, 0.2) is 44.6 Å². The van der Waals surface area contributed by atoms with Crippen molar-refractivity contribution in [2.75, 3.05) is 0 Å². The van der Waals surface area contributed by atoms with Gasteiger partial charge in [-0.15, -0.1) is 11.3 Å². The number of hydrogen-bond acceptors (Lipinski definition) is 3. The molecule has 2 heterocycles. The number of rotatable bonds is 3. The third-order valence-corrected chi connectivity index (χ3v) is 4.79. The van der Waals surface area contributed by atoms with E-state index < -0.39 is 0 Å². The molecule has 5 heteroatoms. The van der Waals surface area contributed by atoms with Gasteiger partial charge in [-0.05, 0) is 35.0 Å². The zero-order chi connectivity index (χ0) is 14.1. The van der Waals surface area contributed by atoms with Crippen molar-refractivity contribution in [1.29, 1.82) is 0 Å². The van der Waals surface area contributed by atoms with Crippen LogP contribution in [0, 0.1) is 6.92 Å². The van der Waals surface area contributed by atoms with Crippen LogP contribution < -0.4 is 5.32 Å². The van der Waals surface area contributed by atoms with Gasteiger partial charge in [-0.3, -0.25) is 4.79 Å². The number of benzene rings is 1. The third-order valence-electron chi connectivity index (χ3n) is 3.09. The van der Waals surface area contributed by atoms with E-state index in [2.05, 4.69) is 21.2 Å². The summed E-state index contributed by atoms with van der Waals surface area (Å²) in [5.41, 5.74) is 1.62. The number of nitrogens with one attached hydrogen (secondary N) is 1. The molecule has 0 saturated carbocycles. The summed E-state index contributed by atoms with van der Waals surface area (Å²) >= 11 is 5.00. The van der Waals surface area contributed by atoms with Crippen molar-refractivity contribution in [1.82, 2.24) is 5.32 Å². The Morgan fingerprint density at radius 1 is 1.40 bits per heavy atom. The first-order chi connectivity index (χ1) is 9.65. The maximum atomic E-state index is 12.2. The van der Waals surface area contributed by atoms with Gasteiger partial charge in [0.2, 0.25) is 0 Å². The molecule has 0 radical (unpaired) electrons. The van der Waals surface area contributed by atoms with Gasteiger partial charge in [-0.2, -0.15) is 0 Å². The number of amides is 1. The van der Waals surface area contributed by atoms with Gasteiger partial charge in [-0.25, -0.2) is 0 Å². The smallest absolute Gasteiger partial charge is 0.287 e. The second-order valence-electron chi connectivity index (χ2n) is 4.47. The van der Waals surface area contributed by atoms with Crippen LogP contribution in [-0.4, -0.2) is 5.91 Å². The molecule has 2 aromatic heterocycles. The molecule has 1 aromatic carbocycles. The highest BCUT2D eigenvalue weighted by Gasteiger charge is 2.17. The van der Waals surface area contributed by atoms with Crippen molar-refractivity contribution in [2.45, 2.75) is 13.5 Å². The molecule has 0 aliphatic heterocycles. The molecule has 0 spiro atoms. The molecule has 0 fully saturated rings. The van der Waals surface area contributed by atoms with Gasteiger partial charge in [0, 0.05) is 25.7 Å². The Hall–Kier alpha value is -1.59. The Bertz CT molecular complexity index is 775. The maximum absolute atomic E-state index is 12.2. The first-order valence-corrected chi connectivity index (χ1v) is 7.81. The fraction of sp³-hybridized carbons (Fsp3) is 0.133. The van der Waals surface area contributed by atoms with Crippen LogP contribution >= 0.6 is 27.3 Å². The van der Waals surface area contributed by atoms with Crippen LogP contribution in [0.5, 0.6) is 0 Å². The predicted octanol–water partition coefficient (Wildman–Crippen LogP) is 4.50. The quantitative estimate of drug-likeness (QED) is 0.756. The molecule has 0 saturated heterocycles. The number of carbonyl (C=O) groups excluding carboxylic acids is 1. The van der Waals surface area contributed by atoms with E-state index in [9.17, 15) is 4.79 Å². The average Bonchev–Trinajstić information content (AvgIpc) is 3.01. The van der Waals surface area contributed by atoms with Crippen molar-refractivity contribution < 1.29 is 9.21 Å². The second kappa shape index (κ2) is 5.42. The van der Waals surface area contributed by atoms with Gasteiger partial charge >= 0.3 is 0 Å². The highest BCUT2D eigenvalue weighted by molar-refractivity contribution is 9.10. The van der Waals surface area contributed by atoms with Crippen LogP contribution in [0.1, 0.15) is 21.0 Å². The highest BCUT2D eigenvalue weighted by atomic mass is 79.9. The summed E-state index contributed by atoms with van der Waals surface area (Å²) in [5, 5.41) is 5.86. The number of carbonyl (C=O) groups is 1. The van der Waals surface area contributed by atoms with Gasteiger partial charge in [0.05, 0.1) is 6.54 Å². The SMILES string of the molecule is Cc1c(C(=O)NCc2cc(Br)cs2)oc2ccccc12. The molecule has 3 nitrogen and oxygen atoms in total. The molecule has 3 aromatic rings. The van der Waals surface area contributed by atoms with E-state index in [1.807, 2.05) is 42.6 Å². The summed E-state index contributed by atoms with van der Waals surface area (Å²) in [4.78, 5) is 13.3. The number of aryl methyl sites for hydroxylation is 1. The summed E-state index contributed by atoms with van der Waals surface area (Å²) in [6, 6.07) is 9.67. The Balaban J connectivity index is 1.80. The van der Waals surface area contributed by atoms with E-state index in [-0.39, 0.29) is 5.91 Å². The summed E-state index contributed by atoms with van der Waals surface area (Å²) in [5.74, 6) is 0.213. The van der Waals surface area contributed by atoms with E-state index in [4.69, 9.17) is 4.42 Å². The highest BCUT2D eigenvalue weighted by Crippen LogP contribution is 2.25. The molecule has 0 atom stereocenters. The van der Waals surface area contributed by atoms with Gasteiger partial charge < -0.3 is 9.73 Å². The second-order valence-corrected chi connectivity index (χ2v) is 6.38. The van der Waals surface area contributed by atoms with Crippen molar-refractivity contribution in [3.63, 3.8) is 0 Å². The topological polar surface area (TPSA) is 42.2 Å². The van der Waals surface area contributed by atoms with Gasteiger partial charge in [0.25, 0.3) is 5.91 Å². The van der Waals surface area contributed by atoms with Crippen molar-refractivity contribution in [2.24, 2.45) is 0 Å². The number of fused-ring (bicyclic) bond motifs is 1. The van der Waals surface area contributed by atoms with Crippen molar-refractivity contribution >= 4 is 44.1 Å². The van der Waals surface area contributed by atoms with Crippen LogP contribution in [-0.2, 0) is 6.54 Å². The summed E-state index contributed by atoms with van der Waals surface area (Å²) < 4.78 is 6.67. The number of furan rings is 1. The molecule has 1 amide bonds.